The zero-order chi connectivity index (χ0) is 15.8. The minimum atomic E-state index is -0.324. The molecule has 0 spiro atoms. The van der Waals surface area contributed by atoms with Gasteiger partial charge in [-0.05, 0) is 38.5 Å². The molecule has 0 radical (unpaired) electrons. The fraction of sp³-hybridized carbons (Fsp3) is 0.375. The number of hydrogen-bond donors (Lipinski definition) is 3. The van der Waals surface area contributed by atoms with Crippen LogP contribution in [0.25, 0.3) is 0 Å². The number of carbonyl (C=O) groups excluding carboxylic acids is 2. The Balaban J connectivity index is 2.80. The Morgan fingerprint density at radius 1 is 1.33 bits per heavy atom. The molecule has 0 atom stereocenters. The maximum Gasteiger partial charge on any atom is 0.252 e. The molecule has 5 nitrogen and oxygen atoms in total. The summed E-state index contributed by atoms with van der Waals surface area (Å²) in [4.78, 5) is 23.7. The van der Waals surface area contributed by atoms with Gasteiger partial charge in [-0.25, -0.2) is 0 Å². The monoisotopic (exact) mass is 287 g/mol. The first-order chi connectivity index (χ1) is 9.93. The van der Waals surface area contributed by atoms with Crippen LogP contribution in [0.1, 0.15) is 35.3 Å². The van der Waals surface area contributed by atoms with Crippen molar-refractivity contribution in [1.29, 1.82) is 0 Å². The van der Waals surface area contributed by atoms with E-state index in [0.717, 1.165) is 5.56 Å². The molecule has 4 N–H and O–H groups in total. The smallest absolute Gasteiger partial charge is 0.252 e. The molecule has 0 bridgehead atoms. The van der Waals surface area contributed by atoms with Crippen molar-refractivity contribution in [2.24, 2.45) is 5.73 Å². The molecular weight excluding hydrogens is 266 g/mol. The molecule has 0 saturated heterocycles. The third-order valence-electron chi connectivity index (χ3n) is 2.60. The highest BCUT2D eigenvalue weighted by Crippen LogP contribution is 2.10. The number of nitrogens with one attached hydrogen (secondary N) is 2. The Hall–Kier alpha value is -2.32. The molecular formula is C16H21N3O2. The lowest BCUT2D eigenvalue weighted by atomic mass is 10.0. The lowest BCUT2D eigenvalue weighted by Gasteiger charge is -2.10. The van der Waals surface area contributed by atoms with Gasteiger partial charge in [0.15, 0.2) is 0 Å². The van der Waals surface area contributed by atoms with Crippen molar-refractivity contribution < 1.29 is 9.59 Å². The van der Waals surface area contributed by atoms with Crippen LogP contribution in [0.4, 0.5) is 0 Å². The van der Waals surface area contributed by atoms with Crippen molar-refractivity contribution in [3.8, 4) is 11.8 Å². The van der Waals surface area contributed by atoms with Crippen molar-refractivity contribution >= 4 is 11.8 Å². The molecule has 1 aromatic rings. The Kier molecular flexibility index (Phi) is 6.44. The highest BCUT2D eigenvalue weighted by Gasteiger charge is 2.12. The minimum Gasteiger partial charge on any atom is -0.352 e. The molecule has 0 aromatic heterocycles. The van der Waals surface area contributed by atoms with Crippen molar-refractivity contribution in [2.75, 3.05) is 13.1 Å². The minimum absolute atomic E-state index is 0.0414. The van der Waals surface area contributed by atoms with Crippen LogP contribution < -0.4 is 16.4 Å². The molecule has 5 heteroatoms. The maximum absolute atomic E-state index is 12.1. The Morgan fingerprint density at radius 3 is 2.67 bits per heavy atom. The van der Waals surface area contributed by atoms with Gasteiger partial charge in [-0.15, -0.1) is 0 Å². The number of aryl methyl sites for hydroxylation is 1. The standard InChI is InChI=1S/C16H21N3O2/c1-11(2)19-15(20)10-18-16(21)14-7-6-12(3)9-13(14)5-4-8-17/h6-7,9,11H,8,10,17H2,1-3H3,(H,18,21)(H,19,20). The predicted octanol–water partition coefficient (Wildman–Crippen LogP) is 0.560. The Morgan fingerprint density at radius 2 is 2.05 bits per heavy atom. The normalized spacial score (nSPS) is 9.76. The van der Waals surface area contributed by atoms with Crippen LogP contribution in [0.15, 0.2) is 18.2 Å². The third kappa shape index (κ3) is 5.67. The van der Waals surface area contributed by atoms with Gasteiger partial charge < -0.3 is 16.4 Å². The summed E-state index contributed by atoms with van der Waals surface area (Å²) in [5.74, 6) is 5.07. The highest BCUT2D eigenvalue weighted by atomic mass is 16.2. The van der Waals surface area contributed by atoms with E-state index in [0.29, 0.717) is 11.1 Å². The molecule has 0 saturated carbocycles. The summed E-state index contributed by atoms with van der Waals surface area (Å²) in [5.41, 5.74) is 7.42. The predicted molar refractivity (Wildman–Crippen MR) is 82.7 cm³/mol. The van der Waals surface area contributed by atoms with Gasteiger partial charge in [-0.2, -0.15) is 0 Å². The molecule has 21 heavy (non-hydrogen) atoms. The zero-order valence-electron chi connectivity index (χ0n) is 12.6. The van der Waals surface area contributed by atoms with Crippen LogP contribution in [0.3, 0.4) is 0 Å². The zero-order valence-corrected chi connectivity index (χ0v) is 12.6. The molecule has 112 valence electrons. The van der Waals surface area contributed by atoms with Crippen LogP contribution in [0.2, 0.25) is 0 Å². The van der Waals surface area contributed by atoms with Crippen molar-refractivity contribution in [2.45, 2.75) is 26.8 Å². The lowest BCUT2D eigenvalue weighted by Crippen LogP contribution is -2.40. The van der Waals surface area contributed by atoms with E-state index in [1.807, 2.05) is 32.9 Å². The van der Waals surface area contributed by atoms with Crippen molar-refractivity contribution in [1.82, 2.24) is 10.6 Å². The van der Waals surface area contributed by atoms with Gasteiger partial charge in [-0.1, -0.05) is 17.9 Å². The first-order valence-corrected chi connectivity index (χ1v) is 6.81. The van der Waals surface area contributed by atoms with E-state index in [4.69, 9.17) is 5.73 Å². The average Bonchev–Trinajstić information content (AvgIpc) is 2.42. The quantitative estimate of drug-likeness (QED) is 0.707. The summed E-state index contributed by atoms with van der Waals surface area (Å²) >= 11 is 0. The summed E-state index contributed by atoms with van der Waals surface area (Å²) in [7, 11) is 0. The number of carbonyl (C=O) groups is 2. The number of rotatable bonds is 4. The van der Waals surface area contributed by atoms with Gasteiger partial charge in [0.25, 0.3) is 5.91 Å². The lowest BCUT2D eigenvalue weighted by molar-refractivity contribution is -0.120. The van der Waals surface area contributed by atoms with Gasteiger partial charge in [0, 0.05) is 11.6 Å². The van der Waals surface area contributed by atoms with Gasteiger partial charge in [0.05, 0.1) is 18.7 Å². The van der Waals surface area contributed by atoms with Gasteiger partial charge in [0.2, 0.25) is 5.91 Å². The Bertz CT molecular complexity index is 583. The van der Waals surface area contributed by atoms with E-state index in [2.05, 4.69) is 22.5 Å². The summed E-state index contributed by atoms with van der Waals surface area (Å²) in [6.45, 7) is 5.81. The summed E-state index contributed by atoms with van der Waals surface area (Å²) in [6.07, 6.45) is 0. The van der Waals surface area contributed by atoms with Crippen LogP contribution in [0, 0.1) is 18.8 Å². The summed E-state index contributed by atoms with van der Waals surface area (Å²) in [6, 6.07) is 5.40. The molecule has 0 fully saturated rings. The molecule has 2 amide bonds. The van der Waals surface area contributed by atoms with Gasteiger partial charge in [0.1, 0.15) is 0 Å². The van der Waals surface area contributed by atoms with Gasteiger partial charge >= 0.3 is 0 Å². The first kappa shape index (κ1) is 16.7. The second kappa shape index (κ2) is 8.08. The van der Waals surface area contributed by atoms with E-state index in [1.54, 1.807) is 6.07 Å². The van der Waals surface area contributed by atoms with Crippen molar-refractivity contribution in [3.05, 3.63) is 34.9 Å². The molecule has 0 unspecified atom stereocenters. The second-order valence-electron chi connectivity index (χ2n) is 4.96. The second-order valence-corrected chi connectivity index (χ2v) is 4.96. The van der Waals surface area contributed by atoms with Crippen LogP contribution in [0.5, 0.6) is 0 Å². The largest absolute Gasteiger partial charge is 0.352 e. The molecule has 0 aliphatic carbocycles. The SMILES string of the molecule is Cc1ccc(C(=O)NCC(=O)NC(C)C)c(C#CCN)c1. The average molecular weight is 287 g/mol. The fourth-order valence-electron chi connectivity index (χ4n) is 1.73. The van der Waals surface area contributed by atoms with E-state index in [-0.39, 0.29) is 30.9 Å². The number of hydrogen-bond acceptors (Lipinski definition) is 3. The van der Waals surface area contributed by atoms with E-state index in [9.17, 15) is 9.59 Å². The number of amides is 2. The third-order valence-corrected chi connectivity index (χ3v) is 2.60. The summed E-state index contributed by atoms with van der Waals surface area (Å²) in [5, 5.41) is 5.30. The number of benzene rings is 1. The summed E-state index contributed by atoms with van der Waals surface area (Å²) < 4.78 is 0. The number of nitrogens with two attached hydrogens (primary N) is 1. The van der Waals surface area contributed by atoms with Crippen LogP contribution in [-0.4, -0.2) is 30.9 Å². The molecule has 0 aliphatic rings. The molecule has 1 rings (SSSR count). The van der Waals surface area contributed by atoms with E-state index < -0.39 is 0 Å². The maximum atomic E-state index is 12.1. The van der Waals surface area contributed by atoms with Crippen LogP contribution in [-0.2, 0) is 4.79 Å². The van der Waals surface area contributed by atoms with Crippen LogP contribution >= 0.6 is 0 Å². The Labute approximate surface area is 125 Å². The molecule has 1 aromatic carbocycles. The fourth-order valence-corrected chi connectivity index (χ4v) is 1.73. The molecule has 0 aliphatic heterocycles. The molecule has 0 heterocycles. The van der Waals surface area contributed by atoms with Crippen molar-refractivity contribution in [3.63, 3.8) is 0 Å². The van der Waals surface area contributed by atoms with E-state index in [1.165, 1.54) is 0 Å². The topological polar surface area (TPSA) is 84.2 Å². The van der Waals surface area contributed by atoms with Gasteiger partial charge in [-0.3, -0.25) is 9.59 Å². The van der Waals surface area contributed by atoms with E-state index >= 15 is 0 Å². The highest BCUT2D eigenvalue weighted by molar-refractivity contribution is 5.98. The first-order valence-electron chi connectivity index (χ1n) is 6.81.